The van der Waals surface area contributed by atoms with Crippen molar-refractivity contribution >= 4 is 5.84 Å². The van der Waals surface area contributed by atoms with Gasteiger partial charge in [0.25, 0.3) is 0 Å². The van der Waals surface area contributed by atoms with Crippen molar-refractivity contribution in [2.24, 2.45) is 5.73 Å². The summed E-state index contributed by atoms with van der Waals surface area (Å²) in [4.78, 5) is 6.43. The SMILES string of the molecule is N=C(N)c1cccc(CN2CCn3ccnc3C2)c1F. The molecule has 6 heteroatoms. The summed E-state index contributed by atoms with van der Waals surface area (Å²) in [5, 5.41) is 7.38. The number of aromatic nitrogens is 2. The van der Waals surface area contributed by atoms with Crippen LogP contribution in [0.15, 0.2) is 30.6 Å². The molecule has 0 unspecified atom stereocenters. The van der Waals surface area contributed by atoms with Gasteiger partial charge in [0.2, 0.25) is 0 Å². The van der Waals surface area contributed by atoms with Crippen LogP contribution in [0.4, 0.5) is 4.39 Å². The van der Waals surface area contributed by atoms with E-state index in [2.05, 4.69) is 14.5 Å². The van der Waals surface area contributed by atoms with Crippen LogP contribution in [0.1, 0.15) is 17.0 Å². The molecule has 3 N–H and O–H groups in total. The number of halogens is 1. The average Bonchev–Trinajstić information content (AvgIpc) is 2.88. The zero-order chi connectivity index (χ0) is 14.1. The minimum absolute atomic E-state index is 0.168. The molecular weight excluding hydrogens is 257 g/mol. The van der Waals surface area contributed by atoms with Crippen LogP contribution < -0.4 is 5.73 Å². The van der Waals surface area contributed by atoms with Crippen LogP contribution in [0, 0.1) is 11.2 Å². The number of nitrogens with two attached hydrogens (primary N) is 1. The summed E-state index contributed by atoms with van der Waals surface area (Å²) in [6, 6.07) is 5.01. The number of amidine groups is 1. The van der Waals surface area contributed by atoms with Crippen LogP contribution in [-0.2, 0) is 19.6 Å². The third-order valence-corrected chi connectivity index (χ3v) is 3.59. The first-order valence-corrected chi connectivity index (χ1v) is 6.49. The Morgan fingerprint density at radius 1 is 1.40 bits per heavy atom. The molecule has 0 atom stereocenters. The second-order valence-electron chi connectivity index (χ2n) is 4.94. The largest absolute Gasteiger partial charge is 0.384 e. The highest BCUT2D eigenvalue weighted by Gasteiger charge is 2.19. The number of imidazole rings is 1. The van der Waals surface area contributed by atoms with Crippen LogP contribution in [0.2, 0.25) is 0 Å². The molecule has 0 saturated carbocycles. The number of nitrogens with one attached hydrogen (secondary N) is 1. The van der Waals surface area contributed by atoms with Gasteiger partial charge in [0.15, 0.2) is 0 Å². The van der Waals surface area contributed by atoms with Gasteiger partial charge in [0, 0.05) is 37.6 Å². The Bertz CT molecular complexity index is 649. The summed E-state index contributed by atoms with van der Waals surface area (Å²) in [6.45, 7) is 2.92. The van der Waals surface area contributed by atoms with Crippen molar-refractivity contribution in [2.45, 2.75) is 19.6 Å². The number of nitrogen functional groups attached to an aromatic ring is 1. The Morgan fingerprint density at radius 2 is 2.25 bits per heavy atom. The molecular formula is C14H16FN5. The number of fused-ring (bicyclic) bond motifs is 1. The Balaban J connectivity index is 1.79. The zero-order valence-electron chi connectivity index (χ0n) is 11.0. The predicted octanol–water partition coefficient (Wildman–Crippen LogP) is 1.32. The van der Waals surface area contributed by atoms with E-state index in [1.807, 2.05) is 6.20 Å². The predicted molar refractivity (Wildman–Crippen MR) is 73.8 cm³/mol. The van der Waals surface area contributed by atoms with Crippen molar-refractivity contribution < 1.29 is 4.39 Å². The molecule has 2 heterocycles. The minimum Gasteiger partial charge on any atom is -0.384 e. The highest BCUT2D eigenvalue weighted by atomic mass is 19.1. The summed E-state index contributed by atoms with van der Waals surface area (Å²) in [5.41, 5.74) is 6.12. The third kappa shape index (κ3) is 2.30. The summed E-state index contributed by atoms with van der Waals surface area (Å²) in [7, 11) is 0. The fraction of sp³-hybridized carbons (Fsp3) is 0.286. The number of benzene rings is 1. The van der Waals surface area contributed by atoms with Crippen molar-refractivity contribution in [1.82, 2.24) is 14.5 Å². The molecule has 0 radical (unpaired) electrons. The van der Waals surface area contributed by atoms with Crippen LogP contribution in [0.25, 0.3) is 0 Å². The van der Waals surface area contributed by atoms with Crippen molar-refractivity contribution in [2.75, 3.05) is 6.54 Å². The molecule has 0 spiro atoms. The van der Waals surface area contributed by atoms with Gasteiger partial charge in [-0.2, -0.15) is 0 Å². The van der Waals surface area contributed by atoms with E-state index in [1.165, 1.54) is 6.07 Å². The summed E-state index contributed by atoms with van der Waals surface area (Å²) in [6.07, 6.45) is 3.75. The fourth-order valence-electron chi connectivity index (χ4n) is 2.51. The van der Waals surface area contributed by atoms with E-state index in [4.69, 9.17) is 11.1 Å². The van der Waals surface area contributed by atoms with E-state index in [0.717, 1.165) is 18.9 Å². The molecule has 0 amide bonds. The van der Waals surface area contributed by atoms with E-state index in [1.54, 1.807) is 18.3 Å². The molecule has 1 aromatic heterocycles. The lowest BCUT2D eigenvalue weighted by molar-refractivity contribution is 0.206. The lowest BCUT2D eigenvalue weighted by Crippen LogP contribution is -2.33. The van der Waals surface area contributed by atoms with Crippen LogP contribution in [-0.4, -0.2) is 26.8 Å². The van der Waals surface area contributed by atoms with Crippen molar-refractivity contribution in [3.05, 3.63) is 53.4 Å². The number of hydrogen-bond acceptors (Lipinski definition) is 3. The van der Waals surface area contributed by atoms with Crippen LogP contribution >= 0.6 is 0 Å². The maximum Gasteiger partial charge on any atom is 0.138 e. The Labute approximate surface area is 116 Å². The van der Waals surface area contributed by atoms with Crippen molar-refractivity contribution in [3.63, 3.8) is 0 Å². The topological polar surface area (TPSA) is 70.9 Å². The van der Waals surface area contributed by atoms with E-state index >= 15 is 0 Å². The van der Waals surface area contributed by atoms with Gasteiger partial charge in [-0.05, 0) is 6.07 Å². The number of rotatable bonds is 3. The van der Waals surface area contributed by atoms with Gasteiger partial charge in [-0.15, -0.1) is 0 Å². The Kier molecular flexibility index (Phi) is 3.23. The fourth-order valence-corrected chi connectivity index (χ4v) is 2.51. The third-order valence-electron chi connectivity index (χ3n) is 3.59. The molecule has 1 aromatic carbocycles. The lowest BCUT2D eigenvalue weighted by Gasteiger charge is -2.27. The smallest absolute Gasteiger partial charge is 0.138 e. The molecule has 3 rings (SSSR count). The second-order valence-corrected chi connectivity index (χ2v) is 4.94. The van der Waals surface area contributed by atoms with Gasteiger partial charge in [-0.3, -0.25) is 10.3 Å². The molecule has 0 bridgehead atoms. The molecule has 0 aliphatic carbocycles. The lowest BCUT2D eigenvalue weighted by atomic mass is 10.1. The van der Waals surface area contributed by atoms with Gasteiger partial charge < -0.3 is 10.3 Å². The normalized spacial score (nSPS) is 15.1. The zero-order valence-corrected chi connectivity index (χ0v) is 11.0. The van der Waals surface area contributed by atoms with Gasteiger partial charge in [-0.25, -0.2) is 9.37 Å². The monoisotopic (exact) mass is 273 g/mol. The van der Waals surface area contributed by atoms with E-state index in [0.29, 0.717) is 18.7 Å². The summed E-state index contributed by atoms with van der Waals surface area (Å²) in [5.74, 6) is 0.367. The molecule has 1 aliphatic heterocycles. The second kappa shape index (κ2) is 5.05. The van der Waals surface area contributed by atoms with Crippen molar-refractivity contribution in [3.8, 4) is 0 Å². The standard InChI is InChI=1S/C14H16FN5/c15-13-10(2-1-3-11(13)14(16)17)8-19-6-7-20-5-4-18-12(20)9-19/h1-5H,6-9H2,(H3,16,17). The van der Waals surface area contributed by atoms with E-state index in [-0.39, 0.29) is 11.4 Å². The first kappa shape index (κ1) is 12.8. The average molecular weight is 273 g/mol. The molecule has 20 heavy (non-hydrogen) atoms. The van der Waals surface area contributed by atoms with Gasteiger partial charge in [0.05, 0.1) is 12.1 Å². The van der Waals surface area contributed by atoms with E-state index in [9.17, 15) is 4.39 Å². The minimum atomic E-state index is -0.395. The Morgan fingerprint density at radius 3 is 3.05 bits per heavy atom. The molecule has 2 aromatic rings. The highest BCUT2D eigenvalue weighted by Crippen LogP contribution is 2.18. The maximum absolute atomic E-state index is 14.2. The van der Waals surface area contributed by atoms with Crippen LogP contribution in [0.3, 0.4) is 0 Å². The maximum atomic E-state index is 14.2. The molecule has 104 valence electrons. The van der Waals surface area contributed by atoms with E-state index < -0.39 is 5.82 Å². The quantitative estimate of drug-likeness (QED) is 0.654. The Hall–Kier alpha value is -2.21. The molecule has 0 fully saturated rings. The van der Waals surface area contributed by atoms with Crippen molar-refractivity contribution in [1.29, 1.82) is 5.41 Å². The first-order chi connectivity index (χ1) is 9.65. The summed E-state index contributed by atoms with van der Waals surface area (Å²) < 4.78 is 16.4. The van der Waals surface area contributed by atoms with Gasteiger partial charge >= 0.3 is 0 Å². The van der Waals surface area contributed by atoms with Crippen LogP contribution in [0.5, 0.6) is 0 Å². The summed E-state index contributed by atoms with van der Waals surface area (Å²) >= 11 is 0. The first-order valence-electron chi connectivity index (χ1n) is 6.49. The molecule has 0 saturated heterocycles. The molecule has 5 nitrogen and oxygen atoms in total. The number of nitrogens with zero attached hydrogens (tertiary/aromatic N) is 3. The van der Waals surface area contributed by atoms with Gasteiger partial charge in [-0.1, -0.05) is 12.1 Å². The number of hydrogen-bond donors (Lipinski definition) is 2. The highest BCUT2D eigenvalue weighted by molar-refractivity contribution is 5.95. The molecule has 1 aliphatic rings. The van der Waals surface area contributed by atoms with Gasteiger partial charge in [0.1, 0.15) is 17.5 Å².